The monoisotopic (exact) mass is 352 g/mol. The van der Waals surface area contributed by atoms with Crippen LogP contribution in [0, 0.1) is 11.3 Å². The van der Waals surface area contributed by atoms with Crippen molar-refractivity contribution in [3.05, 3.63) is 59.0 Å². The molecular formula is C20H20N2O4. The number of phenolic OH excluding ortho intramolecular Hbond substituents is 1. The lowest BCUT2D eigenvalue weighted by Gasteiger charge is -2.28. The summed E-state index contributed by atoms with van der Waals surface area (Å²) in [6, 6.07) is 12.4. The maximum atomic E-state index is 9.76. The lowest BCUT2D eigenvalue weighted by Crippen LogP contribution is -2.21. The zero-order chi connectivity index (χ0) is 18.7. The molecule has 0 aromatic heterocycles. The molecule has 2 aromatic rings. The van der Waals surface area contributed by atoms with Gasteiger partial charge in [0, 0.05) is 17.2 Å². The van der Waals surface area contributed by atoms with E-state index in [1.807, 2.05) is 32.0 Å². The van der Waals surface area contributed by atoms with Gasteiger partial charge in [-0.3, -0.25) is 0 Å². The van der Waals surface area contributed by atoms with Crippen LogP contribution < -0.4 is 19.9 Å². The molecule has 6 nitrogen and oxygen atoms in total. The standard InChI is InChI=1S/C20H20N2O4/c1-3-24-13-6-8-17(25-4-2)15(10-13)19-14-7-5-12(23)9-18(14)26-20(22)16(19)11-21/h5-10,19,23H,3-4,22H2,1-2H3/t19-/m0/s1. The summed E-state index contributed by atoms with van der Waals surface area (Å²) < 4.78 is 16.9. The number of nitrogens with two attached hydrogens (primary N) is 1. The lowest BCUT2D eigenvalue weighted by molar-refractivity contribution is 0.325. The highest BCUT2D eigenvalue weighted by Gasteiger charge is 2.33. The van der Waals surface area contributed by atoms with E-state index in [4.69, 9.17) is 19.9 Å². The number of aromatic hydroxyl groups is 1. The van der Waals surface area contributed by atoms with E-state index in [9.17, 15) is 10.4 Å². The second-order valence-corrected chi connectivity index (χ2v) is 5.71. The van der Waals surface area contributed by atoms with E-state index >= 15 is 0 Å². The van der Waals surface area contributed by atoms with Crippen LogP contribution in [0.1, 0.15) is 30.9 Å². The average molecular weight is 352 g/mol. The van der Waals surface area contributed by atoms with Crippen molar-refractivity contribution in [2.45, 2.75) is 19.8 Å². The van der Waals surface area contributed by atoms with Gasteiger partial charge in [-0.15, -0.1) is 0 Å². The summed E-state index contributed by atoms with van der Waals surface area (Å²) in [5.74, 6) is 1.32. The van der Waals surface area contributed by atoms with Crippen LogP contribution in [-0.4, -0.2) is 18.3 Å². The largest absolute Gasteiger partial charge is 0.508 e. The van der Waals surface area contributed by atoms with Gasteiger partial charge in [-0.05, 0) is 38.1 Å². The molecule has 0 unspecified atom stereocenters. The summed E-state index contributed by atoms with van der Waals surface area (Å²) in [6.07, 6.45) is 0. The third-order valence-corrected chi connectivity index (χ3v) is 4.11. The highest BCUT2D eigenvalue weighted by Crippen LogP contribution is 2.46. The molecule has 0 amide bonds. The predicted octanol–water partition coefficient (Wildman–Crippen LogP) is 3.41. The maximum Gasteiger partial charge on any atom is 0.205 e. The molecule has 6 heteroatoms. The van der Waals surface area contributed by atoms with E-state index in [0.717, 1.165) is 11.1 Å². The first-order chi connectivity index (χ1) is 12.6. The van der Waals surface area contributed by atoms with Crippen LogP contribution in [0.15, 0.2) is 47.9 Å². The van der Waals surface area contributed by atoms with Crippen LogP contribution in [0.4, 0.5) is 0 Å². The van der Waals surface area contributed by atoms with Crippen molar-refractivity contribution >= 4 is 0 Å². The smallest absolute Gasteiger partial charge is 0.205 e. The molecular weight excluding hydrogens is 332 g/mol. The Morgan fingerprint density at radius 3 is 2.58 bits per heavy atom. The van der Waals surface area contributed by atoms with Crippen molar-refractivity contribution < 1.29 is 19.3 Å². The van der Waals surface area contributed by atoms with E-state index in [1.54, 1.807) is 12.1 Å². The number of phenols is 1. The van der Waals surface area contributed by atoms with Gasteiger partial charge in [-0.1, -0.05) is 6.07 Å². The van der Waals surface area contributed by atoms with Crippen LogP contribution in [0.2, 0.25) is 0 Å². The molecule has 1 heterocycles. The van der Waals surface area contributed by atoms with Crippen LogP contribution >= 0.6 is 0 Å². The quantitative estimate of drug-likeness (QED) is 0.856. The molecule has 1 atom stereocenters. The molecule has 0 radical (unpaired) electrons. The fourth-order valence-electron chi connectivity index (χ4n) is 3.06. The van der Waals surface area contributed by atoms with E-state index in [2.05, 4.69) is 6.07 Å². The maximum absolute atomic E-state index is 9.76. The number of nitriles is 1. The molecule has 26 heavy (non-hydrogen) atoms. The Balaban J connectivity index is 2.23. The van der Waals surface area contributed by atoms with Crippen LogP contribution in [-0.2, 0) is 0 Å². The van der Waals surface area contributed by atoms with Gasteiger partial charge in [0.05, 0.1) is 19.1 Å². The molecule has 3 N–H and O–H groups in total. The van der Waals surface area contributed by atoms with Gasteiger partial charge in [-0.2, -0.15) is 5.26 Å². The summed E-state index contributed by atoms with van der Waals surface area (Å²) in [6.45, 7) is 4.80. The first-order valence-electron chi connectivity index (χ1n) is 8.39. The van der Waals surface area contributed by atoms with Crippen molar-refractivity contribution in [2.75, 3.05) is 13.2 Å². The average Bonchev–Trinajstić information content (AvgIpc) is 2.62. The SMILES string of the molecule is CCOc1ccc(OCC)c([C@H]2C(C#N)=C(N)Oc3cc(O)ccc32)c1. The second kappa shape index (κ2) is 7.28. The van der Waals surface area contributed by atoms with Crippen LogP contribution in [0.5, 0.6) is 23.0 Å². The number of rotatable bonds is 5. The Morgan fingerprint density at radius 2 is 1.88 bits per heavy atom. The topological polar surface area (TPSA) is 97.7 Å². The lowest BCUT2D eigenvalue weighted by atomic mass is 9.83. The molecule has 0 fully saturated rings. The molecule has 0 bridgehead atoms. The van der Waals surface area contributed by atoms with Crippen LogP contribution in [0.25, 0.3) is 0 Å². The predicted molar refractivity (Wildman–Crippen MR) is 96.2 cm³/mol. The van der Waals surface area contributed by atoms with Crippen molar-refractivity contribution in [3.8, 4) is 29.1 Å². The summed E-state index contributed by atoms with van der Waals surface area (Å²) in [5, 5.41) is 19.4. The molecule has 0 aliphatic carbocycles. The first kappa shape index (κ1) is 17.5. The molecule has 3 rings (SSSR count). The minimum absolute atomic E-state index is 0.0138. The Labute approximate surface area is 152 Å². The summed E-state index contributed by atoms with van der Waals surface area (Å²) in [5.41, 5.74) is 7.76. The normalized spacial score (nSPS) is 15.7. The highest BCUT2D eigenvalue weighted by atomic mass is 16.5. The minimum atomic E-state index is -0.480. The van der Waals surface area contributed by atoms with Crippen molar-refractivity contribution in [1.82, 2.24) is 0 Å². The highest BCUT2D eigenvalue weighted by molar-refractivity contribution is 5.60. The van der Waals surface area contributed by atoms with Gasteiger partial charge in [-0.25, -0.2) is 0 Å². The number of nitrogens with zero attached hydrogens (tertiary/aromatic N) is 1. The molecule has 0 saturated carbocycles. The van der Waals surface area contributed by atoms with Crippen molar-refractivity contribution in [1.29, 1.82) is 5.26 Å². The molecule has 134 valence electrons. The molecule has 0 saturated heterocycles. The van der Waals surface area contributed by atoms with Gasteiger partial charge in [0.15, 0.2) is 0 Å². The third-order valence-electron chi connectivity index (χ3n) is 4.11. The first-order valence-corrected chi connectivity index (χ1v) is 8.39. The Bertz CT molecular complexity index is 899. The van der Waals surface area contributed by atoms with E-state index in [1.165, 1.54) is 6.07 Å². The number of hydrogen-bond acceptors (Lipinski definition) is 6. The molecule has 1 aliphatic heterocycles. The van der Waals surface area contributed by atoms with Gasteiger partial charge in [0.25, 0.3) is 0 Å². The van der Waals surface area contributed by atoms with E-state index in [-0.39, 0.29) is 17.2 Å². The van der Waals surface area contributed by atoms with Gasteiger partial charge in [0.2, 0.25) is 5.88 Å². The summed E-state index contributed by atoms with van der Waals surface area (Å²) in [7, 11) is 0. The summed E-state index contributed by atoms with van der Waals surface area (Å²) >= 11 is 0. The molecule has 0 spiro atoms. The number of ether oxygens (including phenoxy) is 3. The number of hydrogen-bond donors (Lipinski definition) is 2. The van der Waals surface area contributed by atoms with Gasteiger partial charge < -0.3 is 25.1 Å². The molecule has 2 aromatic carbocycles. The summed E-state index contributed by atoms with van der Waals surface area (Å²) in [4.78, 5) is 0. The Morgan fingerprint density at radius 1 is 1.12 bits per heavy atom. The third kappa shape index (κ3) is 3.11. The fourth-order valence-corrected chi connectivity index (χ4v) is 3.06. The van der Waals surface area contributed by atoms with Crippen LogP contribution in [0.3, 0.4) is 0 Å². The number of fused-ring (bicyclic) bond motifs is 1. The zero-order valence-corrected chi connectivity index (χ0v) is 14.7. The number of benzene rings is 2. The van der Waals surface area contributed by atoms with Crippen molar-refractivity contribution in [2.24, 2.45) is 5.73 Å². The Hall–Kier alpha value is -3.33. The van der Waals surface area contributed by atoms with E-state index < -0.39 is 5.92 Å². The number of allylic oxidation sites excluding steroid dienone is 1. The van der Waals surface area contributed by atoms with Gasteiger partial charge >= 0.3 is 0 Å². The van der Waals surface area contributed by atoms with E-state index in [0.29, 0.717) is 30.5 Å². The second-order valence-electron chi connectivity index (χ2n) is 5.71. The fraction of sp³-hybridized carbons (Fsp3) is 0.250. The van der Waals surface area contributed by atoms with Crippen molar-refractivity contribution in [3.63, 3.8) is 0 Å². The minimum Gasteiger partial charge on any atom is -0.508 e. The molecule has 1 aliphatic rings. The van der Waals surface area contributed by atoms with Gasteiger partial charge in [0.1, 0.15) is 34.6 Å². The zero-order valence-electron chi connectivity index (χ0n) is 14.7. The Kier molecular flexibility index (Phi) is 4.90.